The Labute approximate surface area is 102 Å². The van der Waals surface area contributed by atoms with Gasteiger partial charge in [0.05, 0.1) is 13.2 Å². The molecule has 2 N–H and O–H groups in total. The minimum atomic E-state index is 0. The van der Waals surface area contributed by atoms with Crippen molar-refractivity contribution in [2.45, 2.75) is 18.9 Å². The summed E-state index contributed by atoms with van der Waals surface area (Å²) in [7, 11) is 0. The van der Waals surface area contributed by atoms with Crippen LogP contribution in [0.25, 0.3) is 0 Å². The monoisotopic (exact) mass is 249 g/mol. The summed E-state index contributed by atoms with van der Waals surface area (Å²) >= 11 is 0. The maximum atomic E-state index is 11.8. The van der Waals surface area contributed by atoms with Crippen LogP contribution in [0.2, 0.25) is 0 Å². The number of hydrogen-bond donors (Lipinski definition) is 2. The maximum Gasteiger partial charge on any atom is 0.317 e. The van der Waals surface area contributed by atoms with Crippen LogP contribution in [0.3, 0.4) is 0 Å². The van der Waals surface area contributed by atoms with Crippen LogP contribution in [-0.4, -0.2) is 56.4 Å². The third-order valence-corrected chi connectivity index (χ3v) is 2.97. The highest BCUT2D eigenvalue weighted by molar-refractivity contribution is 5.85. The fourth-order valence-corrected chi connectivity index (χ4v) is 2.00. The SMILES string of the molecule is Cl.O=C(NC1CCNCC1)N1CCOCC1. The summed E-state index contributed by atoms with van der Waals surface area (Å²) in [5.41, 5.74) is 0. The molecule has 0 saturated carbocycles. The van der Waals surface area contributed by atoms with Crippen LogP contribution in [-0.2, 0) is 4.74 Å². The van der Waals surface area contributed by atoms with Crippen molar-refractivity contribution >= 4 is 18.4 Å². The Balaban J connectivity index is 0.00000128. The second-order valence-electron chi connectivity index (χ2n) is 4.07. The van der Waals surface area contributed by atoms with Crippen LogP contribution in [0.15, 0.2) is 0 Å². The molecule has 0 radical (unpaired) electrons. The first-order valence-electron chi connectivity index (χ1n) is 5.70. The van der Waals surface area contributed by atoms with Crippen LogP contribution in [0.4, 0.5) is 4.79 Å². The highest BCUT2D eigenvalue weighted by atomic mass is 35.5. The number of urea groups is 1. The van der Waals surface area contributed by atoms with Gasteiger partial charge < -0.3 is 20.3 Å². The molecule has 0 aromatic heterocycles. The van der Waals surface area contributed by atoms with E-state index in [9.17, 15) is 4.79 Å². The maximum absolute atomic E-state index is 11.8. The largest absolute Gasteiger partial charge is 0.378 e. The first kappa shape index (κ1) is 13.5. The summed E-state index contributed by atoms with van der Waals surface area (Å²) in [5, 5.41) is 6.36. The lowest BCUT2D eigenvalue weighted by molar-refractivity contribution is 0.0522. The van der Waals surface area contributed by atoms with E-state index in [0.717, 1.165) is 39.0 Å². The Bertz CT molecular complexity index is 216. The van der Waals surface area contributed by atoms with Crippen molar-refractivity contribution in [2.75, 3.05) is 39.4 Å². The summed E-state index contributed by atoms with van der Waals surface area (Å²) < 4.78 is 5.21. The van der Waals surface area contributed by atoms with Gasteiger partial charge in [-0.1, -0.05) is 0 Å². The normalized spacial score (nSPS) is 22.4. The first-order valence-corrected chi connectivity index (χ1v) is 5.70. The topological polar surface area (TPSA) is 53.6 Å². The van der Waals surface area contributed by atoms with Crippen LogP contribution in [0.1, 0.15) is 12.8 Å². The molecule has 0 spiro atoms. The lowest BCUT2D eigenvalue weighted by Gasteiger charge is -2.30. The minimum Gasteiger partial charge on any atom is -0.378 e. The zero-order chi connectivity index (χ0) is 10.5. The molecular weight excluding hydrogens is 230 g/mol. The van der Waals surface area contributed by atoms with Crippen molar-refractivity contribution in [3.05, 3.63) is 0 Å². The Morgan fingerprint density at radius 2 is 1.88 bits per heavy atom. The van der Waals surface area contributed by atoms with Gasteiger partial charge in [0.25, 0.3) is 0 Å². The zero-order valence-electron chi connectivity index (χ0n) is 9.41. The molecule has 16 heavy (non-hydrogen) atoms. The second kappa shape index (κ2) is 6.93. The lowest BCUT2D eigenvalue weighted by Crippen LogP contribution is -2.51. The first-order chi connectivity index (χ1) is 7.36. The van der Waals surface area contributed by atoms with E-state index in [1.165, 1.54) is 0 Å². The Morgan fingerprint density at radius 1 is 1.25 bits per heavy atom. The summed E-state index contributed by atoms with van der Waals surface area (Å²) in [6.45, 7) is 4.79. The van der Waals surface area contributed by atoms with E-state index in [1.807, 2.05) is 4.90 Å². The Hall–Kier alpha value is -0.520. The molecule has 0 bridgehead atoms. The van der Waals surface area contributed by atoms with E-state index in [0.29, 0.717) is 19.3 Å². The van der Waals surface area contributed by atoms with Crippen molar-refractivity contribution in [2.24, 2.45) is 0 Å². The molecular formula is C10H20ClN3O2. The number of halogens is 1. The van der Waals surface area contributed by atoms with Crippen LogP contribution in [0, 0.1) is 0 Å². The Kier molecular flexibility index (Phi) is 5.87. The van der Waals surface area contributed by atoms with E-state index in [2.05, 4.69) is 10.6 Å². The quantitative estimate of drug-likeness (QED) is 0.698. The van der Waals surface area contributed by atoms with Gasteiger partial charge in [-0.2, -0.15) is 0 Å². The van der Waals surface area contributed by atoms with E-state index < -0.39 is 0 Å². The number of amides is 2. The minimum absolute atomic E-state index is 0. The van der Waals surface area contributed by atoms with Gasteiger partial charge in [-0.25, -0.2) is 4.79 Å². The molecule has 2 fully saturated rings. The Morgan fingerprint density at radius 3 is 2.50 bits per heavy atom. The summed E-state index contributed by atoms with van der Waals surface area (Å²) in [4.78, 5) is 13.6. The molecule has 0 unspecified atom stereocenters. The molecule has 2 aliphatic heterocycles. The molecule has 0 atom stereocenters. The predicted molar refractivity (Wildman–Crippen MR) is 64.1 cm³/mol. The van der Waals surface area contributed by atoms with E-state index in [-0.39, 0.29) is 18.4 Å². The van der Waals surface area contributed by atoms with Crippen molar-refractivity contribution in [1.29, 1.82) is 0 Å². The fourth-order valence-electron chi connectivity index (χ4n) is 2.00. The summed E-state index contributed by atoms with van der Waals surface area (Å²) in [5.74, 6) is 0. The van der Waals surface area contributed by atoms with Gasteiger partial charge in [-0.3, -0.25) is 0 Å². The van der Waals surface area contributed by atoms with Gasteiger partial charge in [0.2, 0.25) is 0 Å². The molecule has 94 valence electrons. The van der Waals surface area contributed by atoms with Crippen molar-refractivity contribution < 1.29 is 9.53 Å². The van der Waals surface area contributed by atoms with Gasteiger partial charge in [-0.05, 0) is 25.9 Å². The van der Waals surface area contributed by atoms with Crippen molar-refractivity contribution in [3.63, 3.8) is 0 Å². The molecule has 0 aromatic rings. The molecule has 5 nitrogen and oxygen atoms in total. The number of nitrogens with zero attached hydrogens (tertiary/aromatic N) is 1. The third-order valence-electron chi connectivity index (χ3n) is 2.97. The number of morpholine rings is 1. The fraction of sp³-hybridized carbons (Fsp3) is 0.900. The number of carbonyl (C=O) groups excluding carboxylic acids is 1. The molecule has 0 aromatic carbocycles. The van der Waals surface area contributed by atoms with E-state index in [4.69, 9.17) is 4.74 Å². The average Bonchev–Trinajstić information content (AvgIpc) is 2.31. The smallest absolute Gasteiger partial charge is 0.317 e. The van der Waals surface area contributed by atoms with Crippen LogP contribution < -0.4 is 10.6 Å². The van der Waals surface area contributed by atoms with Gasteiger partial charge in [0.1, 0.15) is 0 Å². The zero-order valence-corrected chi connectivity index (χ0v) is 10.2. The average molecular weight is 250 g/mol. The van der Waals surface area contributed by atoms with E-state index in [1.54, 1.807) is 0 Å². The molecule has 0 aliphatic carbocycles. The number of rotatable bonds is 1. The molecule has 2 aliphatic rings. The lowest BCUT2D eigenvalue weighted by atomic mass is 10.1. The summed E-state index contributed by atoms with van der Waals surface area (Å²) in [6.07, 6.45) is 2.08. The summed E-state index contributed by atoms with van der Waals surface area (Å²) in [6, 6.07) is 0.423. The standard InChI is InChI=1S/C10H19N3O2.ClH/c14-10(13-5-7-15-8-6-13)12-9-1-3-11-4-2-9;/h9,11H,1-8H2,(H,12,14);1H. The highest BCUT2D eigenvalue weighted by Gasteiger charge is 2.20. The number of nitrogens with one attached hydrogen (secondary N) is 2. The number of piperidine rings is 1. The molecule has 6 heteroatoms. The predicted octanol–water partition coefficient (Wildman–Crippen LogP) is 0.202. The van der Waals surface area contributed by atoms with Crippen LogP contribution >= 0.6 is 12.4 Å². The number of hydrogen-bond acceptors (Lipinski definition) is 3. The van der Waals surface area contributed by atoms with Gasteiger partial charge in [-0.15, -0.1) is 12.4 Å². The van der Waals surface area contributed by atoms with E-state index >= 15 is 0 Å². The third kappa shape index (κ3) is 3.81. The highest BCUT2D eigenvalue weighted by Crippen LogP contribution is 2.04. The van der Waals surface area contributed by atoms with Gasteiger partial charge in [0.15, 0.2) is 0 Å². The van der Waals surface area contributed by atoms with Crippen LogP contribution in [0.5, 0.6) is 0 Å². The molecule has 2 rings (SSSR count). The molecule has 2 heterocycles. The number of carbonyl (C=O) groups is 1. The van der Waals surface area contributed by atoms with Crippen molar-refractivity contribution in [1.82, 2.24) is 15.5 Å². The molecule has 2 amide bonds. The number of ether oxygens (including phenoxy) is 1. The van der Waals surface area contributed by atoms with Gasteiger partial charge in [0, 0.05) is 19.1 Å². The van der Waals surface area contributed by atoms with Gasteiger partial charge >= 0.3 is 6.03 Å². The molecule has 2 saturated heterocycles. The second-order valence-corrected chi connectivity index (χ2v) is 4.07. The van der Waals surface area contributed by atoms with Crippen molar-refractivity contribution in [3.8, 4) is 0 Å².